The number of esters is 1. The molecule has 3 heteroatoms. The summed E-state index contributed by atoms with van der Waals surface area (Å²) in [5, 5.41) is 0. The molecule has 9 heavy (non-hydrogen) atoms. The van der Waals surface area contributed by atoms with Gasteiger partial charge in [-0.25, -0.2) is 10.9 Å². The third-order valence-corrected chi connectivity index (χ3v) is 1.64. The molecule has 0 N–H and O–H groups in total. The Morgan fingerprint density at radius 3 is 2.44 bits per heavy atom. The van der Waals surface area contributed by atoms with Gasteiger partial charge in [0.1, 0.15) is 0 Å². The van der Waals surface area contributed by atoms with Gasteiger partial charge in [-0.2, -0.15) is 0 Å². The highest BCUT2D eigenvalue weighted by Crippen LogP contribution is 2.11. The van der Waals surface area contributed by atoms with E-state index in [1.165, 1.54) is 0 Å². The summed E-state index contributed by atoms with van der Waals surface area (Å²) in [6.07, 6.45) is 4.12. The van der Waals surface area contributed by atoms with Gasteiger partial charge in [0.2, 0.25) is 0 Å². The lowest BCUT2D eigenvalue weighted by Crippen LogP contribution is -2.08. The summed E-state index contributed by atoms with van der Waals surface area (Å²) >= 11 is 0. The summed E-state index contributed by atoms with van der Waals surface area (Å²) in [6, 6.07) is 0. The molecule has 0 saturated heterocycles. The third-order valence-electron chi connectivity index (χ3n) is 0.751. The summed E-state index contributed by atoms with van der Waals surface area (Å²) in [5.74, 6) is 0.539. The molecule has 0 aliphatic rings. The predicted octanol–water partition coefficient (Wildman–Crippen LogP) is 0.810. The van der Waals surface area contributed by atoms with E-state index in [1.807, 2.05) is 6.92 Å². The van der Waals surface area contributed by atoms with Crippen LogP contribution in [0.3, 0.4) is 0 Å². The molecule has 0 amide bonds. The number of ether oxygens (including phenoxy) is 1. The van der Waals surface area contributed by atoms with Crippen LogP contribution >= 0.6 is 10.9 Å². The molecule has 0 radical (unpaired) electrons. The fraction of sp³-hybridized carbons (Fsp3) is 0.833. The Morgan fingerprint density at radius 1 is 1.56 bits per heavy atom. The Hall–Kier alpha value is -0.180. The second-order valence-electron chi connectivity index (χ2n) is 2.04. The summed E-state index contributed by atoms with van der Waals surface area (Å²) in [5.41, 5.74) is 0. The van der Waals surface area contributed by atoms with Gasteiger partial charge in [-0.3, -0.25) is 4.79 Å². The lowest BCUT2D eigenvalue weighted by atomic mass is 10.8. The van der Waals surface area contributed by atoms with Crippen molar-refractivity contribution in [2.45, 2.75) is 6.92 Å². The van der Waals surface area contributed by atoms with Crippen molar-refractivity contribution in [2.75, 3.05) is 24.9 Å². The van der Waals surface area contributed by atoms with Crippen LogP contribution in [0.25, 0.3) is 0 Å². The molecule has 2 nitrogen and oxygen atoms in total. The Balaban J connectivity index is 3.27. The molecule has 0 saturated carbocycles. The van der Waals surface area contributed by atoms with Gasteiger partial charge < -0.3 is 4.74 Å². The van der Waals surface area contributed by atoms with Crippen LogP contribution in [0.2, 0.25) is 0 Å². The Labute approximate surface area is 58.9 Å². The van der Waals surface area contributed by atoms with Gasteiger partial charge in [0, 0.05) is 0 Å². The summed E-state index contributed by atoms with van der Waals surface area (Å²) in [4.78, 5) is 10.6. The van der Waals surface area contributed by atoms with Crippen LogP contribution in [0.4, 0.5) is 0 Å². The van der Waals surface area contributed by atoms with Gasteiger partial charge in [-0.15, -0.1) is 0 Å². The topological polar surface area (TPSA) is 26.3 Å². The fourth-order valence-corrected chi connectivity index (χ4v) is 1.07. The van der Waals surface area contributed by atoms with Crippen molar-refractivity contribution in [3.8, 4) is 0 Å². The van der Waals surface area contributed by atoms with Crippen LogP contribution < -0.4 is 0 Å². The van der Waals surface area contributed by atoms with E-state index in [0.717, 1.165) is 0 Å². The van der Waals surface area contributed by atoms with Gasteiger partial charge in [0.25, 0.3) is 0 Å². The largest absolute Gasteiger partial charge is 0.465 e. The second-order valence-corrected chi connectivity index (χ2v) is 4.52. The normalized spacial score (nSPS) is 10.8. The van der Waals surface area contributed by atoms with E-state index in [2.05, 4.69) is 12.5 Å². The molecule has 0 atom stereocenters. The lowest BCUT2D eigenvalue weighted by Gasteiger charge is -2.06. The molecule has 0 aromatic carbocycles. The van der Waals surface area contributed by atoms with Crippen molar-refractivity contribution >= 4 is 16.9 Å². The molecule has 0 unspecified atom stereocenters. The standard InChI is InChI=1S/C6H14O2S/c1-4-8-6(7)5-9(2)3/h9H,4-5H2,1-3H3. The molecule has 0 rings (SSSR count). The Bertz CT molecular complexity index is 91.1. The third kappa shape index (κ3) is 5.69. The average molecular weight is 150 g/mol. The van der Waals surface area contributed by atoms with E-state index >= 15 is 0 Å². The van der Waals surface area contributed by atoms with Crippen LogP contribution in [-0.2, 0) is 9.53 Å². The number of carbonyl (C=O) groups is 1. The molecule has 0 heterocycles. The first kappa shape index (κ1) is 8.82. The maximum atomic E-state index is 10.6. The Morgan fingerprint density at radius 2 is 2.11 bits per heavy atom. The van der Waals surface area contributed by atoms with Crippen molar-refractivity contribution in [2.24, 2.45) is 0 Å². The fourth-order valence-electron chi connectivity index (χ4n) is 0.465. The first-order valence-electron chi connectivity index (χ1n) is 2.97. The van der Waals surface area contributed by atoms with E-state index in [4.69, 9.17) is 4.74 Å². The van der Waals surface area contributed by atoms with Gasteiger partial charge in [-0.1, -0.05) is 0 Å². The van der Waals surface area contributed by atoms with Crippen LogP contribution in [0.1, 0.15) is 6.92 Å². The van der Waals surface area contributed by atoms with Crippen LogP contribution in [0.15, 0.2) is 0 Å². The zero-order valence-electron chi connectivity index (χ0n) is 6.18. The highest BCUT2D eigenvalue weighted by atomic mass is 32.2. The zero-order chi connectivity index (χ0) is 7.28. The van der Waals surface area contributed by atoms with Gasteiger partial charge in [-0.05, 0) is 19.4 Å². The molecule has 0 spiro atoms. The number of thiol groups is 1. The zero-order valence-corrected chi connectivity index (χ0v) is 7.07. The smallest absolute Gasteiger partial charge is 0.314 e. The summed E-state index contributed by atoms with van der Waals surface area (Å²) < 4.78 is 4.73. The number of hydrogen-bond acceptors (Lipinski definition) is 2. The number of rotatable bonds is 3. The van der Waals surface area contributed by atoms with E-state index in [9.17, 15) is 4.79 Å². The first-order valence-corrected chi connectivity index (χ1v) is 5.39. The van der Waals surface area contributed by atoms with Gasteiger partial charge in [0.05, 0.1) is 12.4 Å². The predicted molar refractivity (Wildman–Crippen MR) is 42.3 cm³/mol. The second kappa shape index (κ2) is 4.68. The molecule has 56 valence electrons. The summed E-state index contributed by atoms with van der Waals surface area (Å²) in [7, 11) is -0.126. The SMILES string of the molecule is CCOC(=O)C[SH](C)C. The first-order chi connectivity index (χ1) is 4.16. The van der Waals surface area contributed by atoms with E-state index in [1.54, 1.807) is 0 Å². The van der Waals surface area contributed by atoms with Crippen molar-refractivity contribution in [1.82, 2.24) is 0 Å². The highest BCUT2D eigenvalue weighted by molar-refractivity contribution is 8.16. The van der Waals surface area contributed by atoms with Crippen molar-refractivity contribution < 1.29 is 9.53 Å². The molecule has 0 aromatic heterocycles. The molecule has 0 aromatic rings. The molecule has 0 fully saturated rings. The number of hydrogen-bond donors (Lipinski definition) is 1. The average Bonchev–Trinajstić information content (AvgIpc) is 1.63. The van der Waals surface area contributed by atoms with E-state index < -0.39 is 0 Å². The maximum Gasteiger partial charge on any atom is 0.314 e. The minimum Gasteiger partial charge on any atom is -0.465 e. The van der Waals surface area contributed by atoms with Crippen molar-refractivity contribution in [1.29, 1.82) is 0 Å². The van der Waals surface area contributed by atoms with Crippen LogP contribution in [-0.4, -0.2) is 30.8 Å². The van der Waals surface area contributed by atoms with E-state index in [-0.39, 0.29) is 16.9 Å². The summed E-state index contributed by atoms with van der Waals surface area (Å²) in [6.45, 7) is 2.33. The van der Waals surface area contributed by atoms with Gasteiger partial charge in [0.15, 0.2) is 0 Å². The van der Waals surface area contributed by atoms with Crippen molar-refractivity contribution in [3.05, 3.63) is 0 Å². The molecular weight excluding hydrogens is 136 g/mol. The van der Waals surface area contributed by atoms with Crippen molar-refractivity contribution in [3.63, 3.8) is 0 Å². The minimum atomic E-state index is -0.126. The van der Waals surface area contributed by atoms with E-state index in [0.29, 0.717) is 12.4 Å². The Kier molecular flexibility index (Phi) is 4.58. The monoisotopic (exact) mass is 150 g/mol. The number of carbonyl (C=O) groups excluding carboxylic acids is 1. The minimum absolute atomic E-state index is 0.0615. The van der Waals surface area contributed by atoms with Gasteiger partial charge >= 0.3 is 5.97 Å². The lowest BCUT2D eigenvalue weighted by molar-refractivity contribution is -0.139. The van der Waals surface area contributed by atoms with Crippen LogP contribution in [0, 0.1) is 0 Å². The molecule has 0 aliphatic carbocycles. The highest BCUT2D eigenvalue weighted by Gasteiger charge is 2.00. The molecule has 0 aliphatic heterocycles. The quantitative estimate of drug-likeness (QED) is 0.476. The maximum absolute atomic E-state index is 10.6. The molecular formula is C6H14O2S. The molecule has 0 bridgehead atoms. The van der Waals surface area contributed by atoms with Crippen LogP contribution in [0.5, 0.6) is 0 Å².